The quantitative estimate of drug-likeness (QED) is 0.794. The molecule has 19 heavy (non-hydrogen) atoms. The van der Waals surface area contributed by atoms with Crippen molar-refractivity contribution in [3.05, 3.63) is 0 Å². The van der Waals surface area contributed by atoms with Gasteiger partial charge in [0.1, 0.15) is 5.54 Å². The van der Waals surface area contributed by atoms with Gasteiger partial charge in [-0.2, -0.15) is 5.26 Å². The Bertz CT molecular complexity index is 312. The number of nitrogens with one attached hydrogen (secondary N) is 1. The second kappa shape index (κ2) is 7.23. The van der Waals surface area contributed by atoms with Crippen LogP contribution in [0, 0.1) is 11.3 Å². The van der Waals surface area contributed by atoms with E-state index in [0.29, 0.717) is 12.1 Å². The summed E-state index contributed by atoms with van der Waals surface area (Å²) in [6, 6.07) is 3.51. The van der Waals surface area contributed by atoms with Gasteiger partial charge in [-0.3, -0.25) is 10.2 Å². The van der Waals surface area contributed by atoms with E-state index in [-0.39, 0.29) is 0 Å². The molecule has 0 amide bonds. The zero-order valence-electron chi connectivity index (χ0n) is 13.2. The Balaban J connectivity index is 2.53. The van der Waals surface area contributed by atoms with Crippen LogP contribution in [0.3, 0.4) is 0 Å². The summed E-state index contributed by atoms with van der Waals surface area (Å²) in [7, 11) is 2.19. The van der Waals surface area contributed by atoms with E-state index < -0.39 is 5.54 Å². The molecule has 1 rings (SSSR count). The van der Waals surface area contributed by atoms with Crippen LogP contribution >= 0.6 is 0 Å². The first-order valence-corrected chi connectivity index (χ1v) is 7.52. The maximum atomic E-state index is 9.41. The van der Waals surface area contributed by atoms with Crippen molar-refractivity contribution >= 4 is 0 Å². The van der Waals surface area contributed by atoms with E-state index in [1.165, 1.54) is 0 Å². The predicted octanol–water partition coefficient (Wildman–Crippen LogP) is 1.68. The second-order valence-electron chi connectivity index (χ2n) is 6.25. The van der Waals surface area contributed by atoms with Crippen LogP contribution in [0.5, 0.6) is 0 Å². The average Bonchev–Trinajstić information content (AvgIpc) is 2.39. The van der Waals surface area contributed by atoms with Crippen LogP contribution in [0.2, 0.25) is 0 Å². The zero-order chi connectivity index (χ0) is 14.5. The van der Waals surface area contributed by atoms with Crippen molar-refractivity contribution in [3.63, 3.8) is 0 Å². The zero-order valence-corrected chi connectivity index (χ0v) is 13.2. The summed E-state index contributed by atoms with van der Waals surface area (Å²) in [5.74, 6) is 0. The van der Waals surface area contributed by atoms with Crippen molar-refractivity contribution < 1.29 is 0 Å². The van der Waals surface area contributed by atoms with E-state index >= 15 is 0 Å². The van der Waals surface area contributed by atoms with E-state index in [0.717, 1.165) is 39.0 Å². The van der Waals surface area contributed by atoms with Gasteiger partial charge in [-0.05, 0) is 47.2 Å². The molecular formula is C15H30N4. The summed E-state index contributed by atoms with van der Waals surface area (Å²) >= 11 is 0. The van der Waals surface area contributed by atoms with Crippen molar-refractivity contribution in [2.75, 3.05) is 33.2 Å². The first kappa shape index (κ1) is 16.4. The summed E-state index contributed by atoms with van der Waals surface area (Å²) in [5, 5.41) is 12.8. The topological polar surface area (TPSA) is 42.3 Å². The molecular weight excluding hydrogens is 236 g/mol. The van der Waals surface area contributed by atoms with Crippen LogP contribution in [0.15, 0.2) is 0 Å². The number of nitrogens with zero attached hydrogens (tertiary/aromatic N) is 3. The van der Waals surface area contributed by atoms with Crippen LogP contribution in [0.1, 0.15) is 40.5 Å². The van der Waals surface area contributed by atoms with E-state index in [1.54, 1.807) is 0 Å². The highest BCUT2D eigenvalue weighted by Crippen LogP contribution is 2.18. The van der Waals surface area contributed by atoms with Gasteiger partial charge in [0.2, 0.25) is 0 Å². The fourth-order valence-electron chi connectivity index (χ4n) is 2.76. The minimum Gasteiger partial charge on any atom is -0.301 e. The molecule has 3 atom stereocenters. The smallest absolute Gasteiger partial charge is 0.105 e. The third-order valence-corrected chi connectivity index (χ3v) is 4.33. The minimum atomic E-state index is -0.401. The summed E-state index contributed by atoms with van der Waals surface area (Å²) in [5.41, 5.74) is -0.401. The van der Waals surface area contributed by atoms with Gasteiger partial charge in [0.15, 0.2) is 0 Å². The maximum Gasteiger partial charge on any atom is 0.105 e. The molecule has 0 spiro atoms. The van der Waals surface area contributed by atoms with Crippen molar-refractivity contribution in [2.24, 2.45) is 0 Å². The molecule has 1 aliphatic heterocycles. The van der Waals surface area contributed by atoms with Gasteiger partial charge in [0.25, 0.3) is 0 Å². The van der Waals surface area contributed by atoms with Crippen molar-refractivity contribution in [1.82, 2.24) is 15.1 Å². The van der Waals surface area contributed by atoms with Crippen LogP contribution in [-0.2, 0) is 0 Å². The Labute approximate surface area is 118 Å². The molecule has 1 aliphatic rings. The lowest BCUT2D eigenvalue weighted by Crippen LogP contribution is -2.55. The first-order valence-electron chi connectivity index (χ1n) is 7.52. The molecule has 1 N–H and O–H groups in total. The monoisotopic (exact) mass is 266 g/mol. The lowest BCUT2D eigenvalue weighted by molar-refractivity contribution is 0.0680. The van der Waals surface area contributed by atoms with Crippen molar-refractivity contribution in [2.45, 2.75) is 58.2 Å². The predicted molar refractivity (Wildman–Crippen MR) is 80.1 cm³/mol. The molecule has 0 saturated carbocycles. The summed E-state index contributed by atoms with van der Waals surface area (Å²) in [6.07, 6.45) is 1.96. The molecule has 1 saturated heterocycles. The van der Waals surface area contributed by atoms with Gasteiger partial charge in [-0.1, -0.05) is 6.92 Å². The summed E-state index contributed by atoms with van der Waals surface area (Å²) < 4.78 is 0. The summed E-state index contributed by atoms with van der Waals surface area (Å²) in [6.45, 7) is 12.9. The number of piperazine rings is 1. The van der Waals surface area contributed by atoms with Gasteiger partial charge in [-0.15, -0.1) is 0 Å². The molecule has 0 aromatic heterocycles. The molecule has 110 valence electrons. The Kier molecular flexibility index (Phi) is 6.25. The van der Waals surface area contributed by atoms with Gasteiger partial charge >= 0.3 is 0 Å². The van der Waals surface area contributed by atoms with Crippen LogP contribution in [-0.4, -0.2) is 60.6 Å². The molecule has 1 heterocycles. The molecule has 0 bridgehead atoms. The summed E-state index contributed by atoms with van der Waals surface area (Å²) in [4.78, 5) is 4.93. The van der Waals surface area contributed by atoms with Crippen LogP contribution < -0.4 is 5.32 Å². The van der Waals surface area contributed by atoms with Gasteiger partial charge in [0.05, 0.1) is 6.07 Å². The highest BCUT2D eigenvalue weighted by molar-refractivity contribution is 5.05. The Morgan fingerprint density at radius 3 is 2.68 bits per heavy atom. The second-order valence-corrected chi connectivity index (χ2v) is 6.25. The number of nitriles is 1. The van der Waals surface area contributed by atoms with E-state index in [2.05, 4.69) is 49.0 Å². The fraction of sp³-hybridized carbons (Fsp3) is 0.933. The van der Waals surface area contributed by atoms with Gasteiger partial charge in [-0.25, -0.2) is 0 Å². The molecule has 3 unspecified atom stereocenters. The lowest BCUT2D eigenvalue weighted by Gasteiger charge is -2.42. The molecule has 1 fully saturated rings. The van der Waals surface area contributed by atoms with Gasteiger partial charge < -0.3 is 4.90 Å². The van der Waals surface area contributed by atoms with Crippen LogP contribution in [0.25, 0.3) is 0 Å². The first-order chi connectivity index (χ1) is 8.91. The number of hydrogen-bond acceptors (Lipinski definition) is 4. The Hall–Kier alpha value is -0.630. The molecule has 0 aromatic carbocycles. The third-order valence-electron chi connectivity index (χ3n) is 4.33. The molecule has 4 heteroatoms. The van der Waals surface area contributed by atoms with Crippen molar-refractivity contribution in [3.8, 4) is 6.07 Å². The molecule has 4 nitrogen and oxygen atoms in total. The lowest BCUT2D eigenvalue weighted by atomic mass is 9.93. The highest BCUT2D eigenvalue weighted by Gasteiger charge is 2.30. The van der Waals surface area contributed by atoms with E-state index in [4.69, 9.17) is 0 Å². The third kappa shape index (κ3) is 4.76. The fourth-order valence-corrected chi connectivity index (χ4v) is 2.76. The average molecular weight is 266 g/mol. The van der Waals surface area contributed by atoms with Gasteiger partial charge in [0, 0.05) is 31.7 Å². The highest BCUT2D eigenvalue weighted by atomic mass is 15.3. The standard InChI is InChI=1S/C15H30N4/c1-6-7-17-15(4,12-16)10-13(2)19-9-8-18(5)14(3)11-19/h13-14,17H,6-11H2,1-5H3. The van der Waals surface area contributed by atoms with Crippen molar-refractivity contribution in [1.29, 1.82) is 5.26 Å². The Morgan fingerprint density at radius 1 is 1.47 bits per heavy atom. The van der Waals surface area contributed by atoms with E-state index in [1.807, 2.05) is 6.92 Å². The number of hydrogen-bond donors (Lipinski definition) is 1. The van der Waals surface area contributed by atoms with E-state index in [9.17, 15) is 5.26 Å². The van der Waals surface area contributed by atoms with Crippen LogP contribution in [0.4, 0.5) is 0 Å². The largest absolute Gasteiger partial charge is 0.301 e. The normalized spacial score (nSPS) is 26.6. The molecule has 0 aromatic rings. The molecule has 0 radical (unpaired) electrons. The molecule has 0 aliphatic carbocycles. The number of rotatable bonds is 6. The maximum absolute atomic E-state index is 9.41. The minimum absolute atomic E-state index is 0.401. The SMILES string of the molecule is CCCNC(C)(C#N)CC(C)N1CCN(C)C(C)C1. The number of likely N-dealkylation sites (N-methyl/N-ethyl adjacent to an activating group) is 1. The Morgan fingerprint density at radius 2 is 2.16 bits per heavy atom.